The standard InChI is InChI=1S/C23H17N3OS/c24-23-26(22-18-10-4-2-7-16(18)12-13-20(22)28-23)14-21(27)25-19-11-5-8-15-6-1-3-9-17(15)19/h1-13,24H,14H2,(H,25,27). The van der Waals surface area contributed by atoms with E-state index < -0.39 is 0 Å². The second kappa shape index (κ2) is 6.62. The number of fused-ring (bicyclic) bond motifs is 4. The Bertz CT molecular complexity index is 1410. The molecule has 0 radical (unpaired) electrons. The zero-order valence-electron chi connectivity index (χ0n) is 15.0. The Hall–Kier alpha value is -3.44. The minimum Gasteiger partial charge on any atom is -0.324 e. The van der Waals surface area contributed by atoms with Gasteiger partial charge in [0.2, 0.25) is 5.91 Å². The SMILES string of the molecule is N=c1sc2ccc3ccccc3c2n1CC(=O)Nc1cccc2ccccc12. The monoisotopic (exact) mass is 383 g/mol. The number of carbonyl (C=O) groups is 1. The molecule has 0 fully saturated rings. The van der Waals surface area contributed by atoms with Gasteiger partial charge in [-0.1, -0.05) is 78.1 Å². The summed E-state index contributed by atoms with van der Waals surface area (Å²) in [6.07, 6.45) is 0. The molecule has 0 spiro atoms. The molecule has 28 heavy (non-hydrogen) atoms. The van der Waals surface area contributed by atoms with Crippen molar-refractivity contribution < 1.29 is 4.79 Å². The Morgan fingerprint density at radius 2 is 1.54 bits per heavy atom. The van der Waals surface area contributed by atoms with E-state index in [2.05, 4.69) is 17.4 Å². The molecule has 0 saturated heterocycles. The van der Waals surface area contributed by atoms with Crippen LogP contribution in [0.1, 0.15) is 0 Å². The number of hydrogen-bond acceptors (Lipinski definition) is 3. The van der Waals surface area contributed by atoms with Crippen LogP contribution in [0.2, 0.25) is 0 Å². The van der Waals surface area contributed by atoms with Crippen molar-refractivity contribution in [1.29, 1.82) is 5.41 Å². The van der Waals surface area contributed by atoms with Gasteiger partial charge in [0.15, 0.2) is 4.80 Å². The van der Waals surface area contributed by atoms with E-state index in [1.807, 2.05) is 66.7 Å². The van der Waals surface area contributed by atoms with Crippen molar-refractivity contribution >= 4 is 54.7 Å². The van der Waals surface area contributed by atoms with Gasteiger partial charge in [0.05, 0.1) is 10.2 Å². The van der Waals surface area contributed by atoms with Gasteiger partial charge in [0, 0.05) is 16.5 Å². The van der Waals surface area contributed by atoms with Crippen molar-refractivity contribution in [3.63, 3.8) is 0 Å². The van der Waals surface area contributed by atoms with Gasteiger partial charge in [0.1, 0.15) is 6.54 Å². The first kappa shape index (κ1) is 16.7. The van der Waals surface area contributed by atoms with Crippen molar-refractivity contribution in [3.8, 4) is 0 Å². The smallest absolute Gasteiger partial charge is 0.244 e. The Kier molecular flexibility index (Phi) is 3.95. The molecule has 1 heterocycles. The summed E-state index contributed by atoms with van der Waals surface area (Å²) in [5.41, 5.74) is 1.74. The summed E-state index contributed by atoms with van der Waals surface area (Å²) in [6, 6.07) is 26.0. The molecule has 0 atom stereocenters. The van der Waals surface area contributed by atoms with E-state index >= 15 is 0 Å². The zero-order valence-corrected chi connectivity index (χ0v) is 15.8. The van der Waals surface area contributed by atoms with Crippen LogP contribution in [0.3, 0.4) is 0 Å². The van der Waals surface area contributed by atoms with Crippen molar-refractivity contribution in [2.45, 2.75) is 6.54 Å². The van der Waals surface area contributed by atoms with Crippen LogP contribution in [0.4, 0.5) is 5.69 Å². The minimum atomic E-state index is -0.137. The van der Waals surface area contributed by atoms with Crippen molar-refractivity contribution in [2.24, 2.45) is 0 Å². The summed E-state index contributed by atoms with van der Waals surface area (Å²) in [4.78, 5) is 13.2. The number of thiazole rings is 1. The Morgan fingerprint density at radius 1 is 0.857 bits per heavy atom. The van der Waals surface area contributed by atoms with Gasteiger partial charge < -0.3 is 9.88 Å². The molecule has 0 bridgehead atoms. The number of nitrogens with zero attached hydrogens (tertiary/aromatic N) is 1. The van der Waals surface area contributed by atoms with E-state index in [1.54, 1.807) is 4.57 Å². The fourth-order valence-corrected chi connectivity index (χ4v) is 4.60. The van der Waals surface area contributed by atoms with Gasteiger partial charge >= 0.3 is 0 Å². The average molecular weight is 383 g/mol. The Morgan fingerprint density at radius 3 is 2.36 bits per heavy atom. The van der Waals surface area contributed by atoms with E-state index in [-0.39, 0.29) is 12.5 Å². The second-order valence-corrected chi connectivity index (χ2v) is 7.73. The summed E-state index contributed by atoms with van der Waals surface area (Å²) in [5, 5.41) is 15.7. The molecule has 0 aliphatic rings. The third-order valence-corrected chi connectivity index (χ3v) is 5.91. The molecule has 0 saturated carbocycles. The highest BCUT2D eigenvalue weighted by molar-refractivity contribution is 7.16. The van der Waals surface area contributed by atoms with Gasteiger partial charge in [-0.3, -0.25) is 10.2 Å². The van der Waals surface area contributed by atoms with Gasteiger partial charge in [-0.2, -0.15) is 0 Å². The van der Waals surface area contributed by atoms with Crippen LogP contribution < -0.4 is 10.1 Å². The van der Waals surface area contributed by atoms with Crippen LogP contribution in [0.5, 0.6) is 0 Å². The van der Waals surface area contributed by atoms with Crippen molar-refractivity contribution in [2.75, 3.05) is 5.32 Å². The largest absolute Gasteiger partial charge is 0.324 e. The molecule has 4 aromatic carbocycles. The summed E-state index contributed by atoms with van der Waals surface area (Å²) in [5.74, 6) is -0.137. The maximum atomic E-state index is 12.8. The lowest BCUT2D eigenvalue weighted by molar-refractivity contribution is -0.116. The molecule has 2 N–H and O–H groups in total. The molecule has 0 unspecified atom stereocenters. The molecule has 5 rings (SSSR count). The summed E-state index contributed by atoms with van der Waals surface area (Å²) in [6.45, 7) is 0.107. The predicted octanol–water partition coefficient (Wildman–Crippen LogP) is 5.13. The minimum absolute atomic E-state index is 0.107. The Balaban J connectivity index is 1.55. The third-order valence-electron chi connectivity index (χ3n) is 4.95. The van der Waals surface area contributed by atoms with Crippen molar-refractivity contribution in [1.82, 2.24) is 4.57 Å². The molecule has 1 aromatic heterocycles. The summed E-state index contributed by atoms with van der Waals surface area (Å²) >= 11 is 1.39. The molecule has 5 heteroatoms. The number of hydrogen-bond donors (Lipinski definition) is 2. The van der Waals surface area contributed by atoms with Crippen LogP contribution in [0.15, 0.2) is 78.9 Å². The zero-order chi connectivity index (χ0) is 19.1. The number of carbonyl (C=O) groups excluding carboxylic acids is 1. The quantitative estimate of drug-likeness (QED) is 0.446. The molecule has 0 aliphatic carbocycles. The second-order valence-electron chi connectivity index (χ2n) is 6.70. The number of nitrogens with one attached hydrogen (secondary N) is 2. The van der Waals surface area contributed by atoms with E-state index in [0.717, 1.165) is 37.4 Å². The normalized spacial score (nSPS) is 11.3. The lowest BCUT2D eigenvalue weighted by Crippen LogP contribution is -2.24. The topological polar surface area (TPSA) is 57.9 Å². The van der Waals surface area contributed by atoms with Gasteiger partial charge in [-0.25, -0.2) is 0 Å². The molecule has 136 valence electrons. The number of aromatic nitrogens is 1. The predicted molar refractivity (Wildman–Crippen MR) is 116 cm³/mol. The molecular formula is C23H17N3OS. The average Bonchev–Trinajstić information content (AvgIpc) is 3.04. The van der Waals surface area contributed by atoms with E-state index in [1.165, 1.54) is 11.3 Å². The van der Waals surface area contributed by atoms with E-state index in [4.69, 9.17) is 5.41 Å². The van der Waals surface area contributed by atoms with Crippen LogP contribution in [-0.2, 0) is 11.3 Å². The fourth-order valence-electron chi connectivity index (χ4n) is 3.68. The van der Waals surface area contributed by atoms with Crippen LogP contribution in [0, 0.1) is 5.41 Å². The first-order chi connectivity index (χ1) is 13.7. The molecule has 1 amide bonds. The molecule has 0 aliphatic heterocycles. The first-order valence-corrected chi connectivity index (χ1v) is 9.86. The molecular weight excluding hydrogens is 366 g/mol. The van der Waals surface area contributed by atoms with Gasteiger partial charge in [-0.05, 0) is 22.9 Å². The third kappa shape index (κ3) is 2.77. The van der Waals surface area contributed by atoms with Gasteiger partial charge in [0.25, 0.3) is 0 Å². The number of amides is 1. The number of rotatable bonds is 3. The first-order valence-electron chi connectivity index (χ1n) is 9.04. The lowest BCUT2D eigenvalue weighted by atomic mass is 10.1. The van der Waals surface area contributed by atoms with E-state index in [9.17, 15) is 4.79 Å². The highest BCUT2D eigenvalue weighted by Crippen LogP contribution is 2.27. The lowest BCUT2D eigenvalue weighted by Gasteiger charge is -2.10. The number of anilines is 1. The highest BCUT2D eigenvalue weighted by atomic mass is 32.1. The maximum Gasteiger partial charge on any atom is 0.244 e. The highest BCUT2D eigenvalue weighted by Gasteiger charge is 2.13. The summed E-state index contributed by atoms with van der Waals surface area (Å²) < 4.78 is 2.81. The summed E-state index contributed by atoms with van der Waals surface area (Å²) in [7, 11) is 0. The van der Waals surface area contributed by atoms with E-state index in [0.29, 0.717) is 4.80 Å². The Labute approximate surface area is 165 Å². The van der Waals surface area contributed by atoms with Crippen LogP contribution >= 0.6 is 11.3 Å². The van der Waals surface area contributed by atoms with Gasteiger partial charge in [-0.15, -0.1) is 0 Å². The fraction of sp³-hybridized carbons (Fsp3) is 0.0435. The molecule has 5 aromatic rings. The van der Waals surface area contributed by atoms with Crippen molar-refractivity contribution in [3.05, 3.63) is 83.7 Å². The maximum absolute atomic E-state index is 12.8. The van der Waals surface area contributed by atoms with Crippen LogP contribution in [-0.4, -0.2) is 10.5 Å². The number of benzene rings is 4. The van der Waals surface area contributed by atoms with Crippen LogP contribution in [0.25, 0.3) is 31.8 Å². The molecule has 4 nitrogen and oxygen atoms in total.